The fraction of sp³-hybridized carbons (Fsp3) is 0.200. The summed E-state index contributed by atoms with van der Waals surface area (Å²) in [5.74, 6) is 2.14. The zero-order valence-electron chi connectivity index (χ0n) is 5.19. The van der Waals surface area contributed by atoms with Gasteiger partial charge in [0.2, 0.25) is 0 Å². The Labute approximate surface area is 60.3 Å². The Hall–Kier alpha value is -0.590. The smallest absolute Gasteiger partial charge is 0.423 e. The van der Waals surface area contributed by atoms with Crippen LogP contribution in [-0.2, 0) is 14.1 Å². The SMILES string of the molecule is C#CCOOP(O)OC=C. The summed E-state index contributed by atoms with van der Waals surface area (Å²) in [6, 6.07) is 0. The summed E-state index contributed by atoms with van der Waals surface area (Å²) in [6.45, 7) is 3.16. The van der Waals surface area contributed by atoms with Crippen molar-refractivity contribution in [1.82, 2.24) is 0 Å². The quantitative estimate of drug-likeness (QED) is 0.163. The van der Waals surface area contributed by atoms with Crippen molar-refractivity contribution in [2.75, 3.05) is 6.61 Å². The molecule has 4 nitrogen and oxygen atoms in total. The molecule has 0 aliphatic rings. The summed E-state index contributed by atoms with van der Waals surface area (Å²) in [5.41, 5.74) is 0. The van der Waals surface area contributed by atoms with Gasteiger partial charge in [-0.1, -0.05) is 12.5 Å². The van der Waals surface area contributed by atoms with Crippen LogP contribution in [0.15, 0.2) is 12.8 Å². The van der Waals surface area contributed by atoms with Crippen LogP contribution in [0.2, 0.25) is 0 Å². The molecule has 0 heterocycles. The molecule has 56 valence electrons. The van der Waals surface area contributed by atoms with Crippen LogP contribution in [0.4, 0.5) is 0 Å². The van der Waals surface area contributed by atoms with E-state index in [9.17, 15) is 0 Å². The lowest BCUT2D eigenvalue weighted by Gasteiger charge is -2.03. The van der Waals surface area contributed by atoms with Gasteiger partial charge in [-0.25, -0.2) is 4.89 Å². The summed E-state index contributed by atoms with van der Waals surface area (Å²) >= 11 is 0. The van der Waals surface area contributed by atoms with Crippen molar-refractivity contribution in [1.29, 1.82) is 0 Å². The van der Waals surface area contributed by atoms with Crippen molar-refractivity contribution in [2.45, 2.75) is 0 Å². The number of hydrogen-bond donors (Lipinski definition) is 1. The zero-order chi connectivity index (χ0) is 7.82. The maximum atomic E-state index is 8.63. The molecule has 0 saturated heterocycles. The lowest BCUT2D eigenvalue weighted by Crippen LogP contribution is -1.89. The predicted octanol–water partition coefficient (Wildman–Crippen LogP) is 0.947. The Morgan fingerprint density at radius 3 is 3.00 bits per heavy atom. The molecule has 0 saturated carbocycles. The Morgan fingerprint density at radius 2 is 2.50 bits per heavy atom. The highest BCUT2D eigenvalue weighted by molar-refractivity contribution is 7.40. The molecule has 10 heavy (non-hydrogen) atoms. The average Bonchev–Trinajstić information content (AvgIpc) is 1.89. The van der Waals surface area contributed by atoms with Crippen molar-refractivity contribution < 1.29 is 19.0 Å². The molecule has 5 heteroatoms. The Morgan fingerprint density at radius 1 is 1.80 bits per heavy atom. The Bertz CT molecular complexity index is 130. The molecule has 0 aliphatic heterocycles. The minimum absolute atomic E-state index is 0.0279. The maximum absolute atomic E-state index is 8.63. The monoisotopic (exact) mass is 162 g/mol. The third-order valence-corrected chi connectivity index (χ3v) is 0.986. The summed E-state index contributed by atoms with van der Waals surface area (Å²) in [4.78, 5) is 12.9. The van der Waals surface area contributed by atoms with Gasteiger partial charge in [0, 0.05) is 0 Å². The van der Waals surface area contributed by atoms with Crippen LogP contribution >= 0.6 is 8.60 Å². The van der Waals surface area contributed by atoms with Crippen molar-refractivity contribution in [3.63, 3.8) is 0 Å². The molecular formula is C5H7O4P. The van der Waals surface area contributed by atoms with Crippen LogP contribution < -0.4 is 0 Å². The van der Waals surface area contributed by atoms with E-state index in [2.05, 4.69) is 26.6 Å². The van der Waals surface area contributed by atoms with Crippen molar-refractivity contribution in [3.05, 3.63) is 12.8 Å². The number of rotatable bonds is 5. The first-order valence-corrected chi connectivity index (χ1v) is 3.44. The highest BCUT2D eigenvalue weighted by Gasteiger charge is 2.04. The summed E-state index contributed by atoms with van der Waals surface area (Å²) < 4.78 is 8.56. The second-order valence-corrected chi connectivity index (χ2v) is 1.89. The molecule has 0 fully saturated rings. The number of terminal acetylenes is 1. The second-order valence-electron chi connectivity index (χ2n) is 1.05. The first kappa shape index (κ1) is 9.41. The van der Waals surface area contributed by atoms with Gasteiger partial charge in [0.15, 0.2) is 0 Å². The third-order valence-electron chi connectivity index (χ3n) is 0.423. The molecule has 0 radical (unpaired) electrons. The van der Waals surface area contributed by atoms with E-state index >= 15 is 0 Å². The normalized spacial score (nSPS) is 11.6. The molecule has 1 N–H and O–H groups in total. The average molecular weight is 162 g/mol. The lowest BCUT2D eigenvalue weighted by atomic mass is 10.8. The molecular weight excluding hydrogens is 155 g/mol. The second kappa shape index (κ2) is 6.53. The molecule has 0 aliphatic carbocycles. The van der Waals surface area contributed by atoms with Gasteiger partial charge in [-0.2, -0.15) is 0 Å². The van der Waals surface area contributed by atoms with Crippen LogP contribution in [0, 0.1) is 12.3 Å². The van der Waals surface area contributed by atoms with Crippen LogP contribution in [0.25, 0.3) is 0 Å². The van der Waals surface area contributed by atoms with Gasteiger partial charge in [-0.05, 0) is 0 Å². The molecule has 0 amide bonds. The molecule has 0 aromatic heterocycles. The van der Waals surface area contributed by atoms with Gasteiger partial charge < -0.3 is 9.42 Å². The standard InChI is InChI=1S/C5H7O4P/c1-3-5-7-9-10(6)8-4-2/h1,4,6H,2,5H2. The number of hydrogen-bond acceptors (Lipinski definition) is 4. The molecule has 1 atom stereocenters. The van der Waals surface area contributed by atoms with Crippen LogP contribution in [0.5, 0.6) is 0 Å². The molecule has 1 unspecified atom stereocenters. The van der Waals surface area contributed by atoms with E-state index in [1.54, 1.807) is 0 Å². The van der Waals surface area contributed by atoms with E-state index in [-0.39, 0.29) is 6.61 Å². The Balaban J connectivity index is 3.14. The first-order chi connectivity index (χ1) is 4.81. The van der Waals surface area contributed by atoms with Crippen LogP contribution in [0.1, 0.15) is 0 Å². The van der Waals surface area contributed by atoms with Crippen molar-refractivity contribution in [2.24, 2.45) is 0 Å². The highest BCUT2D eigenvalue weighted by Crippen LogP contribution is 2.32. The van der Waals surface area contributed by atoms with Crippen LogP contribution in [0.3, 0.4) is 0 Å². The molecule has 0 bridgehead atoms. The zero-order valence-corrected chi connectivity index (χ0v) is 6.08. The largest absolute Gasteiger partial charge is 0.434 e. The van der Waals surface area contributed by atoms with Gasteiger partial charge in [-0.15, -0.1) is 11.1 Å². The highest BCUT2D eigenvalue weighted by atomic mass is 31.2. The summed E-state index contributed by atoms with van der Waals surface area (Å²) in [5, 5.41) is 0. The Kier molecular flexibility index (Phi) is 6.14. The molecule has 0 aromatic carbocycles. The van der Waals surface area contributed by atoms with Gasteiger partial charge in [0.05, 0.1) is 6.26 Å². The summed E-state index contributed by atoms with van der Waals surface area (Å²) in [6.07, 6.45) is 5.84. The van der Waals surface area contributed by atoms with Gasteiger partial charge >= 0.3 is 8.60 Å². The fourth-order valence-electron chi connectivity index (χ4n) is 0.187. The molecule has 0 spiro atoms. The minimum Gasteiger partial charge on any atom is -0.434 e. The maximum Gasteiger partial charge on any atom is 0.423 e. The predicted molar refractivity (Wildman–Crippen MR) is 36.3 cm³/mol. The van der Waals surface area contributed by atoms with E-state index in [1.165, 1.54) is 0 Å². The van der Waals surface area contributed by atoms with E-state index < -0.39 is 8.60 Å². The topological polar surface area (TPSA) is 47.9 Å². The van der Waals surface area contributed by atoms with Crippen LogP contribution in [-0.4, -0.2) is 11.5 Å². The molecule has 0 rings (SSSR count). The summed E-state index contributed by atoms with van der Waals surface area (Å²) in [7, 11) is -2.03. The van der Waals surface area contributed by atoms with Crippen molar-refractivity contribution >= 4 is 8.60 Å². The molecule has 0 aromatic rings. The third kappa shape index (κ3) is 5.54. The van der Waals surface area contributed by atoms with E-state index in [0.717, 1.165) is 6.26 Å². The fourth-order valence-corrected chi connectivity index (χ4v) is 0.492. The van der Waals surface area contributed by atoms with E-state index in [0.29, 0.717) is 0 Å². The lowest BCUT2D eigenvalue weighted by molar-refractivity contribution is -0.200. The van der Waals surface area contributed by atoms with Gasteiger partial charge in [0.1, 0.15) is 6.61 Å². The van der Waals surface area contributed by atoms with E-state index in [1.807, 2.05) is 0 Å². The minimum atomic E-state index is -2.03. The van der Waals surface area contributed by atoms with Gasteiger partial charge in [0.25, 0.3) is 0 Å². The van der Waals surface area contributed by atoms with Gasteiger partial charge in [-0.3, -0.25) is 0 Å². The first-order valence-electron chi connectivity index (χ1n) is 2.31. The van der Waals surface area contributed by atoms with Crippen molar-refractivity contribution in [3.8, 4) is 12.3 Å². The van der Waals surface area contributed by atoms with E-state index in [4.69, 9.17) is 11.3 Å².